The summed E-state index contributed by atoms with van der Waals surface area (Å²) in [4.78, 5) is 24.9. The van der Waals surface area contributed by atoms with Crippen LogP contribution in [0.5, 0.6) is 0 Å². The van der Waals surface area contributed by atoms with Crippen molar-refractivity contribution in [2.45, 2.75) is 12.3 Å². The second-order valence-corrected chi connectivity index (χ2v) is 5.54. The van der Waals surface area contributed by atoms with Gasteiger partial charge in [-0.05, 0) is 23.8 Å². The van der Waals surface area contributed by atoms with Crippen LogP contribution in [0.2, 0.25) is 0 Å². The Labute approximate surface area is 147 Å². The molecule has 0 aliphatic carbocycles. The highest BCUT2D eigenvalue weighted by molar-refractivity contribution is 5.94. The third kappa shape index (κ3) is 4.85. The molecule has 6 nitrogen and oxygen atoms in total. The second kappa shape index (κ2) is 8.05. The van der Waals surface area contributed by atoms with Crippen molar-refractivity contribution in [3.8, 4) is 0 Å². The van der Waals surface area contributed by atoms with Gasteiger partial charge in [0.2, 0.25) is 5.91 Å². The molecule has 2 amide bonds. The van der Waals surface area contributed by atoms with Crippen molar-refractivity contribution < 1.29 is 32.3 Å². The van der Waals surface area contributed by atoms with Crippen molar-refractivity contribution in [2.75, 3.05) is 20.1 Å². The van der Waals surface area contributed by atoms with Crippen molar-refractivity contribution in [3.63, 3.8) is 0 Å². The first-order valence-corrected chi connectivity index (χ1v) is 7.60. The molecule has 26 heavy (non-hydrogen) atoms. The SMILES string of the molecule is CN(CC(=O)NCC(O)c1ccccc1C(F)(F)F)C(=O)c1ccco1. The molecular weight excluding hydrogens is 353 g/mol. The predicted molar refractivity (Wildman–Crippen MR) is 85.1 cm³/mol. The van der Waals surface area contributed by atoms with Gasteiger partial charge in [0.05, 0.1) is 24.5 Å². The van der Waals surface area contributed by atoms with Gasteiger partial charge >= 0.3 is 6.18 Å². The number of hydrogen-bond donors (Lipinski definition) is 2. The Morgan fingerprint density at radius 2 is 1.92 bits per heavy atom. The highest BCUT2D eigenvalue weighted by Gasteiger charge is 2.34. The summed E-state index contributed by atoms with van der Waals surface area (Å²) in [6.07, 6.45) is -4.84. The third-order valence-electron chi connectivity index (χ3n) is 3.58. The average Bonchev–Trinajstić information content (AvgIpc) is 3.12. The van der Waals surface area contributed by atoms with E-state index in [2.05, 4.69) is 5.32 Å². The highest BCUT2D eigenvalue weighted by atomic mass is 19.4. The van der Waals surface area contributed by atoms with Crippen LogP contribution in [0.15, 0.2) is 47.1 Å². The Bertz CT molecular complexity index is 760. The van der Waals surface area contributed by atoms with E-state index < -0.39 is 36.2 Å². The first-order valence-electron chi connectivity index (χ1n) is 7.60. The smallest absolute Gasteiger partial charge is 0.416 e. The number of nitrogens with zero attached hydrogens (tertiary/aromatic N) is 1. The second-order valence-electron chi connectivity index (χ2n) is 5.54. The maximum atomic E-state index is 13.0. The van der Waals surface area contributed by atoms with Gasteiger partial charge < -0.3 is 19.7 Å². The molecular formula is C17H17F3N2O4. The molecule has 0 fully saturated rings. The van der Waals surface area contributed by atoms with E-state index in [0.29, 0.717) is 0 Å². The minimum atomic E-state index is -4.61. The molecule has 1 unspecified atom stereocenters. The Hall–Kier alpha value is -2.81. The van der Waals surface area contributed by atoms with Crippen LogP contribution in [0.4, 0.5) is 13.2 Å². The van der Waals surface area contributed by atoms with Crippen LogP contribution in [0.25, 0.3) is 0 Å². The van der Waals surface area contributed by atoms with E-state index in [1.54, 1.807) is 0 Å². The monoisotopic (exact) mass is 370 g/mol. The fourth-order valence-electron chi connectivity index (χ4n) is 2.30. The zero-order chi connectivity index (χ0) is 19.3. The number of carbonyl (C=O) groups excluding carboxylic acids is 2. The standard InChI is InChI=1S/C17H17F3N2O4/c1-22(16(25)14-7-4-8-26-14)10-15(24)21-9-13(23)11-5-2-3-6-12(11)17(18,19)20/h2-8,13,23H,9-10H2,1H3,(H,21,24). The molecule has 0 aliphatic heterocycles. The third-order valence-corrected chi connectivity index (χ3v) is 3.58. The first kappa shape index (κ1) is 19.5. The number of benzene rings is 1. The van der Waals surface area contributed by atoms with Crippen LogP contribution >= 0.6 is 0 Å². The van der Waals surface area contributed by atoms with E-state index in [1.807, 2.05) is 0 Å². The van der Waals surface area contributed by atoms with Gasteiger partial charge in [0.1, 0.15) is 0 Å². The van der Waals surface area contributed by atoms with Crippen LogP contribution < -0.4 is 5.32 Å². The predicted octanol–water partition coefficient (Wildman–Crippen LogP) is 2.22. The zero-order valence-electron chi connectivity index (χ0n) is 13.8. The number of rotatable bonds is 6. The number of amides is 2. The fraction of sp³-hybridized carbons (Fsp3) is 0.294. The molecule has 1 heterocycles. The van der Waals surface area contributed by atoms with Gasteiger partial charge in [-0.15, -0.1) is 0 Å². The number of carbonyl (C=O) groups is 2. The quantitative estimate of drug-likeness (QED) is 0.817. The van der Waals surface area contributed by atoms with E-state index in [4.69, 9.17) is 4.42 Å². The summed E-state index contributed by atoms with van der Waals surface area (Å²) >= 11 is 0. The van der Waals surface area contributed by atoms with Crippen LogP contribution in [0.3, 0.4) is 0 Å². The molecule has 0 aliphatic rings. The molecule has 0 spiro atoms. The number of aliphatic hydroxyl groups is 1. The summed E-state index contributed by atoms with van der Waals surface area (Å²) in [6.45, 7) is -0.762. The van der Waals surface area contributed by atoms with E-state index in [9.17, 15) is 27.9 Å². The number of alkyl halides is 3. The lowest BCUT2D eigenvalue weighted by Crippen LogP contribution is -2.39. The van der Waals surface area contributed by atoms with Gasteiger partial charge in [0.15, 0.2) is 5.76 Å². The van der Waals surface area contributed by atoms with Crippen molar-refractivity contribution >= 4 is 11.8 Å². The molecule has 2 N–H and O–H groups in total. The maximum Gasteiger partial charge on any atom is 0.416 e. The normalized spacial score (nSPS) is 12.5. The number of halogens is 3. The summed E-state index contributed by atoms with van der Waals surface area (Å²) in [5.41, 5.74) is -1.30. The zero-order valence-corrected chi connectivity index (χ0v) is 13.8. The van der Waals surface area contributed by atoms with Crippen LogP contribution in [0.1, 0.15) is 27.8 Å². The summed E-state index contributed by atoms with van der Waals surface area (Å²) in [6, 6.07) is 7.55. The molecule has 1 atom stereocenters. The van der Waals surface area contributed by atoms with Gasteiger partial charge in [-0.3, -0.25) is 9.59 Å². The van der Waals surface area contributed by atoms with Gasteiger partial charge in [-0.25, -0.2) is 0 Å². The van der Waals surface area contributed by atoms with Gasteiger partial charge in [-0.1, -0.05) is 18.2 Å². The van der Waals surface area contributed by atoms with Crippen LogP contribution in [-0.4, -0.2) is 42.0 Å². The van der Waals surface area contributed by atoms with E-state index in [-0.39, 0.29) is 17.9 Å². The Morgan fingerprint density at radius 3 is 2.54 bits per heavy atom. The first-order chi connectivity index (χ1) is 12.2. The lowest BCUT2D eigenvalue weighted by molar-refractivity contribution is -0.139. The minimum Gasteiger partial charge on any atom is -0.459 e. The van der Waals surface area contributed by atoms with E-state index >= 15 is 0 Å². The summed E-state index contributed by atoms with van der Waals surface area (Å²) in [7, 11) is 1.37. The molecule has 1 aromatic carbocycles. The number of hydrogen-bond acceptors (Lipinski definition) is 4. The number of aliphatic hydroxyl groups excluding tert-OH is 1. The average molecular weight is 370 g/mol. The van der Waals surface area contributed by atoms with Crippen molar-refractivity contribution in [3.05, 3.63) is 59.5 Å². The van der Waals surface area contributed by atoms with E-state index in [0.717, 1.165) is 17.0 Å². The minimum absolute atomic E-state index is 0.0550. The molecule has 140 valence electrons. The molecule has 0 radical (unpaired) electrons. The lowest BCUT2D eigenvalue weighted by atomic mass is 10.0. The van der Waals surface area contributed by atoms with Crippen LogP contribution in [0, 0.1) is 0 Å². The maximum absolute atomic E-state index is 13.0. The largest absolute Gasteiger partial charge is 0.459 e. The molecule has 2 aromatic rings. The molecule has 9 heteroatoms. The highest BCUT2D eigenvalue weighted by Crippen LogP contribution is 2.34. The molecule has 1 aromatic heterocycles. The van der Waals surface area contributed by atoms with Gasteiger partial charge in [0, 0.05) is 13.6 Å². The van der Waals surface area contributed by atoms with Crippen molar-refractivity contribution in [1.29, 1.82) is 0 Å². The Balaban J connectivity index is 1.92. The molecule has 0 saturated heterocycles. The summed E-state index contributed by atoms with van der Waals surface area (Å²) < 4.78 is 43.8. The topological polar surface area (TPSA) is 82.8 Å². The Morgan fingerprint density at radius 1 is 1.23 bits per heavy atom. The fourth-order valence-corrected chi connectivity index (χ4v) is 2.30. The number of nitrogens with one attached hydrogen (secondary N) is 1. The van der Waals surface area contributed by atoms with E-state index in [1.165, 1.54) is 37.6 Å². The van der Waals surface area contributed by atoms with Crippen molar-refractivity contribution in [2.24, 2.45) is 0 Å². The number of likely N-dealkylation sites (N-methyl/N-ethyl adjacent to an activating group) is 1. The molecule has 0 bridgehead atoms. The summed E-state index contributed by atoms with van der Waals surface area (Å²) in [5.74, 6) is -1.09. The number of furan rings is 1. The van der Waals surface area contributed by atoms with Gasteiger partial charge in [0.25, 0.3) is 5.91 Å². The Kier molecular flexibility index (Phi) is 6.04. The summed E-state index contributed by atoms with van der Waals surface area (Å²) in [5, 5.41) is 12.3. The molecule has 0 saturated carbocycles. The lowest BCUT2D eigenvalue weighted by Gasteiger charge is -2.19. The van der Waals surface area contributed by atoms with Gasteiger partial charge in [-0.2, -0.15) is 13.2 Å². The van der Waals surface area contributed by atoms with Crippen molar-refractivity contribution in [1.82, 2.24) is 10.2 Å². The molecule has 2 rings (SSSR count). The van der Waals surface area contributed by atoms with Crippen LogP contribution in [-0.2, 0) is 11.0 Å².